The van der Waals surface area contributed by atoms with Crippen LogP contribution < -0.4 is 11.2 Å². The molecule has 11 heteroatoms. The summed E-state index contributed by atoms with van der Waals surface area (Å²) in [6.07, 6.45) is 0.949. The van der Waals surface area contributed by atoms with Gasteiger partial charge in [0.1, 0.15) is 12.2 Å². The van der Waals surface area contributed by atoms with Crippen LogP contribution in [-0.2, 0) is 28.6 Å². The van der Waals surface area contributed by atoms with Crippen LogP contribution in [0.15, 0.2) is 15.8 Å². The molecule has 10 nitrogen and oxygen atoms in total. The molecule has 0 spiro atoms. The summed E-state index contributed by atoms with van der Waals surface area (Å²) in [6, 6.07) is -0.484. The van der Waals surface area contributed by atoms with Crippen LogP contribution >= 0.6 is 0 Å². The summed E-state index contributed by atoms with van der Waals surface area (Å²) < 4.78 is 39.1. The number of carbonyl (C=O) groups is 1. The van der Waals surface area contributed by atoms with Gasteiger partial charge in [-0.3, -0.25) is 23.3 Å². The topological polar surface area (TPSA) is 134 Å². The number of H-pyrrole nitrogens is 1. The monoisotopic (exact) mass is 376 g/mol. The second-order valence-electron chi connectivity index (χ2n) is 5.88. The summed E-state index contributed by atoms with van der Waals surface area (Å²) in [7, 11) is -3.67. The van der Waals surface area contributed by atoms with Crippen molar-refractivity contribution in [3.8, 4) is 0 Å². The van der Waals surface area contributed by atoms with Crippen molar-refractivity contribution in [1.29, 1.82) is 0 Å². The Bertz CT molecular complexity index is 856. The van der Waals surface area contributed by atoms with Gasteiger partial charge in [-0.15, -0.1) is 0 Å². The summed E-state index contributed by atoms with van der Waals surface area (Å²) >= 11 is 0. The number of aromatic nitrogens is 2. The van der Waals surface area contributed by atoms with Crippen LogP contribution in [0, 0.1) is 6.92 Å². The zero-order valence-corrected chi connectivity index (χ0v) is 14.9. The van der Waals surface area contributed by atoms with Crippen molar-refractivity contribution in [3.63, 3.8) is 0 Å². The minimum absolute atomic E-state index is 0.0704. The Morgan fingerprint density at radius 1 is 1.44 bits per heavy atom. The number of hydrogen-bond acceptors (Lipinski definition) is 8. The van der Waals surface area contributed by atoms with Crippen LogP contribution in [0.2, 0.25) is 0 Å². The van der Waals surface area contributed by atoms with E-state index in [0.29, 0.717) is 5.56 Å². The summed E-state index contributed by atoms with van der Waals surface area (Å²) in [5.41, 5.74) is -0.725. The number of ether oxygens (including phenoxy) is 2. The van der Waals surface area contributed by atoms with E-state index < -0.39 is 45.6 Å². The minimum atomic E-state index is -3.67. The van der Waals surface area contributed by atoms with Gasteiger partial charge < -0.3 is 9.47 Å². The Balaban J connectivity index is 2.21. The van der Waals surface area contributed by atoms with Gasteiger partial charge >= 0.3 is 11.7 Å². The second kappa shape index (κ2) is 7.50. The molecule has 1 aliphatic heterocycles. The van der Waals surface area contributed by atoms with Crippen LogP contribution in [-0.4, -0.2) is 55.6 Å². The van der Waals surface area contributed by atoms with Gasteiger partial charge in [0, 0.05) is 25.1 Å². The van der Waals surface area contributed by atoms with Crippen LogP contribution in [0.25, 0.3) is 0 Å². The first-order valence-corrected chi connectivity index (χ1v) is 9.34. The zero-order valence-electron chi connectivity index (χ0n) is 14.1. The molecule has 1 saturated heterocycles. The second-order valence-corrected chi connectivity index (χ2v) is 7.52. The molecule has 3 unspecified atom stereocenters. The van der Waals surface area contributed by atoms with Gasteiger partial charge in [-0.05, 0) is 6.92 Å². The number of nitrogens with one attached hydrogen (secondary N) is 1. The fourth-order valence-corrected chi connectivity index (χ4v) is 2.95. The van der Waals surface area contributed by atoms with E-state index >= 15 is 0 Å². The van der Waals surface area contributed by atoms with Gasteiger partial charge in [-0.25, -0.2) is 4.79 Å². The lowest BCUT2D eigenvalue weighted by Gasteiger charge is -2.35. The van der Waals surface area contributed by atoms with Gasteiger partial charge in [-0.1, -0.05) is 0 Å². The Labute approximate surface area is 143 Å². The molecule has 0 radical (unpaired) electrons. The van der Waals surface area contributed by atoms with E-state index in [2.05, 4.69) is 4.98 Å². The Morgan fingerprint density at radius 2 is 2.12 bits per heavy atom. The highest BCUT2D eigenvalue weighted by atomic mass is 32.2. The van der Waals surface area contributed by atoms with E-state index in [4.69, 9.17) is 13.7 Å². The lowest BCUT2D eigenvalue weighted by atomic mass is 10.0. The number of nitrogens with zero attached hydrogens (tertiary/aromatic N) is 1. The highest BCUT2D eigenvalue weighted by Gasteiger charge is 2.36. The van der Waals surface area contributed by atoms with Crippen LogP contribution in [0.4, 0.5) is 0 Å². The van der Waals surface area contributed by atoms with Crippen molar-refractivity contribution < 1.29 is 26.9 Å². The van der Waals surface area contributed by atoms with Gasteiger partial charge in [0.15, 0.2) is 0 Å². The SMILES string of the molecule is CC(=O)OC1CC(n2cc(C)c(=O)[nH]c2=O)COC1COS(C)(=O)=O. The van der Waals surface area contributed by atoms with E-state index in [0.717, 1.165) is 6.26 Å². The fraction of sp³-hybridized carbons (Fsp3) is 0.643. The van der Waals surface area contributed by atoms with E-state index in [1.54, 1.807) is 6.92 Å². The number of hydrogen-bond donors (Lipinski definition) is 1. The molecule has 25 heavy (non-hydrogen) atoms. The molecule has 2 heterocycles. The maximum Gasteiger partial charge on any atom is 0.328 e. The van der Waals surface area contributed by atoms with Gasteiger partial charge in [0.05, 0.1) is 25.5 Å². The number of carbonyl (C=O) groups excluding carboxylic acids is 1. The summed E-state index contributed by atoms with van der Waals surface area (Å²) in [4.78, 5) is 37.0. The van der Waals surface area contributed by atoms with Crippen LogP contribution in [0.5, 0.6) is 0 Å². The standard InChI is InChI=1S/C14H20N2O8S/c1-8-5-16(14(19)15-13(8)18)10-4-11(24-9(2)17)12(22-6-10)7-23-25(3,20)21/h5,10-12H,4,6-7H2,1-3H3,(H,15,18,19). The third-order valence-corrected chi connectivity index (χ3v) is 4.29. The molecule has 140 valence electrons. The average Bonchev–Trinajstić information content (AvgIpc) is 2.48. The van der Waals surface area contributed by atoms with E-state index in [1.807, 2.05) is 0 Å². The molecule has 0 amide bonds. The maximum absolute atomic E-state index is 12.0. The molecule has 2 rings (SSSR count). The van der Waals surface area contributed by atoms with E-state index in [9.17, 15) is 22.8 Å². The minimum Gasteiger partial charge on any atom is -0.460 e. The third kappa shape index (κ3) is 5.25. The van der Waals surface area contributed by atoms with Crippen molar-refractivity contribution in [2.24, 2.45) is 0 Å². The summed E-state index contributed by atoms with van der Waals surface area (Å²) in [5, 5.41) is 0. The lowest BCUT2D eigenvalue weighted by molar-refractivity contribution is -0.167. The molecule has 1 aromatic heterocycles. The maximum atomic E-state index is 12.0. The highest BCUT2D eigenvalue weighted by Crippen LogP contribution is 2.25. The first kappa shape index (κ1) is 19.3. The largest absolute Gasteiger partial charge is 0.460 e. The van der Waals surface area contributed by atoms with Crippen LogP contribution in [0.1, 0.15) is 24.9 Å². The fourth-order valence-electron chi connectivity index (χ4n) is 2.56. The predicted octanol–water partition coefficient (Wildman–Crippen LogP) is -0.917. The predicted molar refractivity (Wildman–Crippen MR) is 85.8 cm³/mol. The Hall–Kier alpha value is -1.98. The Morgan fingerprint density at radius 3 is 2.72 bits per heavy atom. The lowest BCUT2D eigenvalue weighted by Crippen LogP contribution is -2.47. The number of aromatic amines is 1. The first-order chi connectivity index (χ1) is 11.6. The van der Waals surface area contributed by atoms with Crippen molar-refractivity contribution in [2.45, 2.75) is 38.5 Å². The van der Waals surface area contributed by atoms with Gasteiger partial charge in [0.2, 0.25) is 0 Å². The molecule has 0 aliphatic carbocycles. The number of aryl methyl sites for hydroxylation is 1. The van der Waals surface area contributed by atoms with Crippen molar-refractivity contribution in [3.05, 3.63) is 32.6 Å². The molecule has 3 atom stereocenters. The smallest absolute Gasteiger partial charge is 0.328 e. The zero-order chi connectivity index (χ0) is 18.8. The molecule has 1 fully saturated rings. The molecule has 1 aromatic rings. The normalized spacial score (nSPS) is 24.0. The molecule has 1 N–H and O–H groups in total. The van der Waals surface area contributed by atoms with E-state index in [1.165, 1.54) is 17.7 Å². The van der Waals surface area contributed by atoms with Gasteiger partial charge in [-0.2, -0.15) is 8.42 Å². The van der Waals surface area contributed by atoms with Crippen molar-refractivity contribution in [2.75, 3.05) is 19.5 Å². The molecule has 1 aliphatic rings. The molecular weight excluding hydrogens is 356 g/mol. The quantitative estimate of drug-likeness (QED) is 0.515. The molecule has 0 bridgehead atoms. The van der Waals surface area contributed by atoms with E-state index in [-0.39, 0.29) is 19.6 Å². The average molecular weight is 376 g/mol. The molecule has 0 saturated carbocycles. The van der Waals surface area contributed by atoms with Crippen LogP contribution in [0.3, 0.4) is 0 Å². The molecule has 0 aromatic carbocycles. The summed E-state index contributed by atoms with van der Waals surface area (Å²) in [6.45, 7) is 2.54. The first-order valence-electron chi connectivity index (χ1n) is 7.52. The Kier molecular flexibility index (Phi) is 5.80. The number of rotatable bonds is 5. The highest BCUT2D eigenvalue weighted by molar-refractivity contribution is 7.85. The van der Waals surface area contributed by atoms with Gasteiger partial charge in [0.25, 0.3) is 15.7 Å². The van der Waals surface area contributed by atoms with Crippen molar-refractivity contribution in [1.82, 2.24) is 9.55 Å². The summed E-state index contributed by atoms with van der Waals surface area (Å²) in [5.74, 6) is -0.566. The third-order valence-electron chi connectivity index (χ3n) is 3.72. The number of esters is 1. The van der Waals surface area contributed by atoms with Crippen molar-refractivity contribution >= 4 is 16.1 Å². The molecular formula is C14H20N2O8S.